The van der Waals surface area contributed by atoms with Gasteiger partial charge >= 0.3 is 6.18 Å². The Bertz CT molecular complexity index is 1640. The molecule has 0 aliphatic carbocycles. The van der Waals surface area contributed by atoms with Crippen LogP contribution < -0.4 is 9.46 Å². The third kappa shape index (κ3) is 7.21. The molecule has 0 spiro atoms. The van der Waals surface area contributed by atoms with Crippen LogP contribution in [0.4, 0.5) is 19.1 Å². The molecule has 2 aromatic heterocycles. The number of hydrogen-bond acceptors (Lipinski definition) is 6. The van der Waals surface area contributed by atoms with Crippen molar-refractivity contribution in [2.75, 3.05) is 11.3 Å². The third-order valence-electron chi connectivity index (χ3n) is 5.37. The average molecular weight is 611 g/mol. The molecule has 1 N–H and O–H groups in total. The molecular formula is C27H23Cl2F3N4O3S. The SMILES string of the molecule is CC(C)(C)COc1cc(-c2cnc(NS(=O)(=O)c3cccc(Cl)n3)nc2-c2ccc(C(F)(F)F)cc2)ccc1Cl. The maximum Gasteiger partial charge on any atom is 0.416 e. The minimum absolute atomic E-state index is 0.0307. The summed E-state index contributed by atoms with van der Waals surface area (Å²) < 4.78 is 73.5. The Morgan fingerprint density at radius 3 is 2.23 bits per heavy atom. The highest BCUT2D eigenvalue weighted by Crippen LogP contribution is 2.37. The van der Waals surface area contributed by atoms with E-state index in [9.17, 15) is 21.6 Å². The Morgan fingerprint density at radius 1 is 0.925 bits per heavy atom. The molecule has 4 rings (SSSR count). The molecule has 0 saturated heterocycles. The van der Waals surface area contributed by atoms with Crippen molar-refractivity contribution in [3.05, 3.63) is 82.6 Å². The van der Waals surface area contributed by atoms with Crippen LogP contribution in [-0.2, 0) is 16.2 Å². The van der Waals surface area contributed by atoms with E-state index in [1.54, 1.807) is 18.2 Å². The Balaban J connectivity index is 1.80. The molecule has 0 aliphatic rings. The van der Waals surface area contributed by atoms with Gasteiger partial charge in [0.1, 0.15) is 10.9 Å². The minimum Gasteiger partial charge on any atom is -0.491 e. The van der Waals surface area contributed by atoms with E-state index in [0.29, 0.717) is 34.1 Å². The highest BCUT2D eigenvalue weighted by atomic mass is 35.5. The molecule has 2 heterocycles. The largest absolute Gasteiger partial charge is 0.491 e. The van der Waals surface area contributed by atoms with Gasteiger partial charge in [-0.05, 0) is 47.4 Å². The second-order valence-electron chi connectivity index (χ2n) is 9.93. The number of nitrogens with one attached hydrogen (secondary N) is 1. The number of aromatic nitrogens is 3. The van der Waals surface area contributed by atoms with Crippen molar-refractivity contribution in [2.24, 2.45) is 5.41 Å². The van der Waals surface area contributed by atoms with Crippen LogP contribution in [-0.4, -0.2) is 30.0 Å². The summed E-state index contributed by atoms with van der Waals surface area (Å²) >= 11 is 12.2. The number of hydrogen-bond donors (Lipinski definition) is 1. The van der Waals surface area contributed by atoms with Gasteiger partial charge in [0.25, 0.3) is 10.0 Å². The molecule has 0 bridgehead atoms. The Kier molecular flexibility index (Phi) is 8.30. The third-order valence-corrected chi connectivity index (χ3v) is 7.12. The van der Waals surface area contributed by atoms with Crippen molar-refractivity contribution in [3.63, 3.8) is 0 Å². The summed E-state index contributed by atoms with van der Waals surface area (Å²) in [7, 11) is -4.23. The summed E-state index contributed by atoms with van der Waals surface area (Å²) in [6, 6.07) is 13.4. The molecule has 0 unspecified atom stereocenters. The van der Waals surface area contributed by atoms with Crippen LogP contribution in [0.15, 0.2) is 71.9 Å². The Morgan fingerprint density at radius 2 is 1.60 bits per heavy atom. The van der Waals surface area contributed by atoms with Crippen LogP contribution in [0.3, 0.4) is 0 Å². The molecule has 210 valence electrons. The standard InChI is InChI=1S/C27H23Cl2F3N4O3S/c1-26(2,3)15-39-21-13-17(9-12-20(21)28)19-14-33-25(36-40(37,38)23-6-4-5-22(29)34-23)35-24(19)16-7-10-18(11-8-16)27(30,31)32/h4-14H,15H2,1-3H3,(H,33,35,36). The lowest BCUT2D eigenvalue weighted by atomic mass is 9.98. The number of benzene rings is 2. The van der Waals surface area contributed by atoms with Gasteiger partial charge < -0.3 is 4.74 Å². The quantitative estimate of drug-likeness (QED) is 0.215. The van der Waals surface area contributed by atoms with Crippen molar-refractivity contribution in [1.29, 1.82) is 0 Å². The van der Waals surface area contributed by atoms with Gasteiger partial charge in [-0.15, -0.1) is 0 Å². The molecule has 2 aromatic carbocycles. The number of sulfonamides is 1. The first kappa shape index (κ1) is 29.6. The molecule has 7 nitrogen and oxygen atoms in total. The van der Waals surface area contributed by atoms with E-state index in [1.165, 1.54) is 36.5 Å². The molecule has 40 heavy (non-hydrogen) atoms. The van der Waals surface area contributed by atoms with Crippen LogP contribution in [0.1, 0.15) is 26.3 Å². The van der Waals surface area contributed by atoms with E-state index < -0.39 is 21.8 Å². The lowest BCUT2D eigenvalue weighted by molar-refractivity contribution is -0.137. The summed E-state index contributed by atoms with van der Waals surface area (Å²) in [4.78, 5) is 12.3. The predicted molar refractivity (Wildman–Crippen MR) is 148 cm³/mol. The van der Waals surface area contributed by atoms with Gasteiger partial charge in [-0.3, -0.25) is 0 Å². The summed E-state index contributed by atoms with van der Waals surface area (Å²) in [6.07, 6.45) is -3.17. The van der Waals surface area contributed by atoms with Crippen LogP contribution in [0.25, 0.3) is 22.4 Å². The summed E-state index contributed by atoms with van der Waals surface area (Å²) in [5, 5.41) is -0.0256. The summed E-state index contributed by atoms with van der Waals surface area (Å²) in [5.41, 5.74) is 0.423. The number of pyridine rings is 1. The van der Waals surface area contributed by atoms with Gasteiger partial charge in [-0.2, -0.15) is 21.6 Å². The van der Waals surface area contributed by atoms with Crippen molar-refractivity contribution in [1.82, 2.24) is 15.0 Å². The first-order chi connectivity index (χ1) is 18.6. The topological polar surface area (TPSA) is 94.1 Å². The number of nitrogens with zero attached hydrogens (tertiary/aromatic N) is 3. The zero-order chi connectivity index (χ0) is 29.3. The van der Waals surface area contributed by atoms with Crippen LogP contribution in [0, 0.1) is 5.41 Å². The first-order valence-electron chi connectivity index (χ1n) is 11.8. The number of anilines is 1. The highest BCUT2D eigenvalue weighted by Gasteiger charge is 2.30. The minimum atomic E-state index is -4.53. The fourth-order valence-corrected chi connectivity index (χ4v) is 4.77. The van der Waals surface area contributed by atoms with Gasteiger partial charge in [0.15, 0.2) is 5.03 Å². The molecule has 0 atom stereocenters. The number of alkyl halides is 3. The average Bonchev–Trinajstić information content (AvgIpc) is 2.87. The maximum absolute atomic E-state index is 13.2. The van der Waals surface area contributed by atoms with E-state index >= 15 is 0 Å². The van der Waals surface area contributed by atoms with Crippen LogP contribution >= 0.6 is 23.2 Å². The zero-order valence-corrected chi connectivity index (χ0v) is 23.8. The fourth-order valence-electron chi connectivity index (χ4n) is 3.47. The van der Waals surface area contributed by atoms with Crippen molar-refractivity contribution < 1.29 is 26.3 Å². The maximum atomic E-state index is 13.2. The van der Waals surface area contributed by atoms with E-state index in [4.69, 9.17) is 27.9 Å². The molecular weight excluding hydrogens is 588 g/mol. The van der Waals surface area contributed by atoms with Gasteiger partial charge in [-0.25, -0.2) is 19.7 Å². The second-order valence-corrected chi connectivity index (χ2v) is 12.4. The molecule has 0 fully saturated rings. The molecule has 0 radical (unpaired) electrons. The molecule has 0 aliphatic heterocycles. The van der Waals surface area contributed by atoms with Crippen LogP contribution in [0.2, 0.25) is 10.2 Å². The highest BCUT2D eigenvalue weighted by molar-refractivity contribution is 7.92. The number of ether oxygens (including phenoxy) is 1. The monoisotopic (exact) mass is 610 g/mol. The first-order valence-corrected chi connectivity index (χ1v) is 14.0. The number of rotatable bonds is 7. The number of halogens is 5. The normalized spacial score (nSPS) is 12.3. The molecule has 13 heteroatoms. The van der Waals surface area contributed by atoms with Gasteiger partial charge in [0.05, 0.1) is 22.9 Å². The molecule has 4 aromatic rings. The smallest absolute Gasteiger partial charge is 0.416 e. The van der Waals surface area contributed by atoms with Gasteiger partial charge in [0.2, 0.25) is 5.95 Å². The fraction of sp³-hybridized carbons (Fsp3) is 0.222. The predicted octanol–water partition coefficient (Wildman–Crippen LogP) is 7.76. The van der Waals surface area contributed by atoms with Crippen molar-refractivity contribution in [2.45, 2.75) is 32.0 Å². The zero-order valence-electron chi connectivity index (χ0n) is 21.4. The van der Waals surface area contributed by atoms with E-state index in [-0.39, 0.29) is 27.2 Å². The lowest BCUT2D eigenvalue weighted by Crippen LogP contribution is -2.17. The van der Waals surface area contributed by atoms with Gasteiger partial charge in [0, 0.05) is 17.3 Å². The second kappa shape index (κ2) is 11.2. The Labute approximate surface area is 239 Å². The van der Waals surface area contributed by atoms with Crippen LogP contribution in [0.5, 0.6) is 5.75 Å². The van der Waals surface area contributed by atoms with Crippen molar-refractivity contribution >= 4 is 39.2 Å². The van der Waals surface area contributed by atoms with Gasteiger partial charge in [-0.1, -0.05) is 68.2 Å². The molecule has 0 amide bonds. The summed E-state index contributed by atoms with van der Waals surface area (Å²) in [6.45, 7) is 6.37. The van der Waals surface area contributed by atoms with Crippen molar-refractivity contribution in [3.8, 4) is 28.1 Å². The lowest BCUT2D eigenvalue weighted by Gasteiger charge is -2.20. The Hall–Kier alpha value is -3.41. The van der Waals surface area contributed by atoms with E-state index in [0.717, 1.165) is 12.1 Å². The summed E-state index contributed by atoms with van der Waals surface area (Å²) in [5.74, 6) is 0.0721. The molecule has 0 saturated carbocycles. The van der Waals surface area contributed by atoms with E-state index in [1.807, 2.05) is 20.8 Å². The van der Waals surface area contributed by atoms with E-state index in [2.05, 4.69) is 19.7 Å².